The van der Waals surface area contributed by atoms with Gasteiger partial charge in [0.1, 0.15) is 17.3 Å². The van der Waals surface area contributed by atoms with E-state index in [9.17, 15) is 0 Å². The molecule has 2 N–H and O–H groups in total. The number of rotatable bonds is 5. The van der Waals surface area contributed by atoms with Gasteiger partial charge in [-0.1, -0.05) is 17.7 Å². The number of hydrogen-bond donors (Lipinski definition) is 2. The molecular weight excluding hydrogens is 356 g/mol. The monoisotopic (exact) mass is 370 g/mol. The number of hydrogen-bond acceptors (Lipinski definition) is 7. The van der Waals surface area contributed by atoms with Gasteiger partial charge >= 0.3 is 0 Å². The molecule has 3 aromatic rings. The number of aromatic nitrogens is 2. The lowest BCUT2D eigenvalue weighted by molar-refractivity contribution is 0.174. The molecule has 1 aliphatic heterocycles. The van der Waals surface area contributed by atoms with Crippen molar-refractivity contribution in [3.05, 3.63) is 53.7 Å². The van der Waals surface area contributed by atoms with Crippen LogP contribution < -0.4 is 24.8 Å². The van der Waals surface area contributed by atoms with Crippen molar-refractivity contribution in [2.45, 2.75) is 0 Å². The molecule has 0 radical (unpaired) electrons. The predicted octanol–water partition coefficient (Wildman–Crippen LogP) is 4.35. The first-order valence-corrected chi connectivity index (χ1v) is 8.20. The number of fused-ring (bicyclic) bond motifs is 1. The van der Waals surface area contributed by atoms with Gasteiger partial charge in [-0.2, -0.15) is 4.98 Å². The highest BCUT2D eigenvalue weighted by Gasteiger charge is 2.20. The lowest BCUT2D eigenvalue weighted by Gasteiger charge is -2.12. The second-order valence-electron chi connectivity index (χ2n) is 5.40. The van der Waals surface area contributed by atoms with Crippen LogP contribution >= 0.6 is 11.6 Å². The van der Waals surface area contributed by atoms with Crippen LogP contribution in [0.15, 0.2) is 48.7 Å². The van der Waals surface area contributed by atoms with Gasteiger partial charge in [0, 0.05) is 18.0 Å². The molecule has 8 heteroatoms. The summed E-state index contributed by atoms with van der Waals surface area (Å²) in [6.07, 6.45) is 1.65. The first-order chi connectivity index (χ1) is 12.7. The molecular formula is C18H15ClN4O3. The molecule has 0 aliphatic carbocycles. The standard InChI is InChI=1S/C18H15ClN4O3/c1-24-12-4-2-3-11(9-12)21-18-20-8-7-15(23-18)22-16-13(19)5-6-14-17(16)26-10-25-14/h2-9H,10H2,1H3,(H2,20,21,22,23). The number of nitrogens with zero attached hydrogens (tertiary/aromatic N) is 2. The largest absolute Gasteiger partial charge is 0.497 e. The lowest BCUT2D eigenvalue weighted by atomic mass is 10.2. The van der Waals surface area contributed by atoms with Gasteiger partial charge in [0.05, 0.1) is 12.1 Å². The maximum absolute atomic E-state index is 6.29. The first kappa shape index (κ1) is 16.3. The van der Waals surface area contributed by atoms with Crippen molar-refractivity contribution in [2.24, 2.45) is 0 Å². The Kier molecular flexibility index (Phi) is 4.37. The van der Waals surface area contributed by atoms with Gasteiger partial charge in [-0.25, -0.2) is 4.98 Å². The zero-order valence-corrected chi connectivity index (χ0v) is 14.6. The Morgan fingerprint density at radius 3 is 2.92 bits per heavy atom. The molecule has 4 rings (SSSR count). The Morgan fingerprint density at radius 2 is 2.04 bits per heavy atom. The summed E-state index contributed by atoms with van der Waals surface area (Å²) < 4.78 is 16.1. The molecule has 7 nitrogen and oxygen atoms in total. The first-order valence-electron chi connectivity index (χ1n) is 7.82. The molecule has 2 heterocycles. The molecule has 0 spiro atoms. The van der Waals surface area contributed by atoms with Crippen molar-refractivity contribution in [3.63, 3.8) is 0 Å². The Hall–Kier alpha value is -3.19. The van der Waals surface area contributed by atoms with E-state index in [0.717, 1.165) is 11.4 Å². The number of ether oxygens (including phenoxy) is 3. The summed E-state index contributed by atoms with van der Waals surface area (Å²) in [4.78, 5) is 8.69. The molecule has 2 aromatic carbocycles. The second-order valence-corrected chi connectivity index (χ2v) is 5.81. The van der Waals surface area contributed by atoms with E-state index in [1.54, 1.807) is 31.5 Å². The van der Waals surface area contributed by atoms with Gasteiger partial charge in [-0.3, -0.25) is 0 Å². The van der Waals surface area contributed by atoms with E-state index in [4.69, 9.17) is 25.8 Å². The Bertz CT molecular complexity index is 951. The minimum Gasteiger partial charge on any atom is -0.497 e. The Labute approximate surface area is 154 Å². The lowest BCUT2D eigenvalue weighted by Crippen LogP contribution is -2.01. The smallest absolute Gasteiger partial charge is 0.231 e. The van der Waals surface area contributed by atoms with Crippen molar-refractivity contribution in [1.29, 1.82) is 0 Å². The third kappa shape index (κ3) is 3.29. The summed E-state index contributed by atoms with van der Waals surface area (Å²) in [7, 11) is 1.62. The fourth-order valence-corrected chi connectivity index (χ4v) is 2.71. The highest BCUT2D eigenvalue weighted by Crippen LogP contribution is 2.44. The summed E-state index contributed by atoms with van der Waals surface area (Å²) in [5, 5.41) is 6.82. The van der Waals surface area contributed by atoms with Crippen LogP contribution in [0.25, 0.3) is 0 Å². The van der Waals surface area contributed by atoms with Crippen LogP contribution in [-0.2, 0) is 0 Å². The number of nitrogens with one attached hydrogen (secondary N) is 2. The quantitative estimate of drug-likeness (QED) is 0.691. The molecule has 132 valence electrons. The van der Waals surface area contributed by atoms with Crippen LogP contribution in [0.2, 0.25) is 5.02 Å². The molecule has 26 heavy (non-hydrogen) atoms. The van der Waals surface area contributed by atoms with E-state index >= 15 is 0 Å². The third-order valence-corrected chi connectivity index (χ3v) is 4.04. The zero-order chi connectivity index (χ0) is 17.9. The molecule has 0 bridgehead atoms. The molecule has 1 aliphatic rings. The number of benzene rings is 2. The number of halogens is 1. The van der Waals surface area contributed by atoms with Crippen molar-refractivity contribution in [1.82, 2.24) is 9.97 Å². The fourth-order valence-electron chi connectivity index (χ4n) is 2.51. The molecule has 0 fully saturated rings. The second kappa shape index (κ2) is 6.97. The molecule has 1 aromatic heterocycles. The van der Waals surface area contributed by atoms with Crippen molar-refractivity contribution in [3.8, 4) is 17.2 Å². The van der Waals surface area contributed by atoms with E-state index < -0.39 is 0 Å². The SMILES string of the molecule is COc1cccc(Nc2nccc(Nc3c(Cl)ccc4c3OCO4)n2)c1. The highest BCUT2D eigenvalue weighted by atomic mass is 35.5. The van der Waals surface area contributed by atoms with Crippen LogP contribution in [-0.4, -0.2) is 23.9 Å². The van der Waals surface area contributed by atoms with E-state index in [1.165, 1.54) is 0 Å². The summed E-state index contributed by atoms with van der Waals surface area (Å²) in [6.45, 7) is 0.163. The third-order valence-electron chi connectivity index (χ3n) is 3.72. The Morgan fingerprint density at radius 1 is 1.12 bits per heavy atom. The van der Waals surface area contributed by atoms with Gasteiger partial charge in [0.15, 0.2) is 11.5 Å². The highest BCUT2D eigenvalue weighted by molar-refractivity contribution is 6.33. The van der Waals surface area contributed by atoms with Crippen LogP contribution in [0, 0.1) is 0 Å². The topological polar surface area (TPSA) is 77.5 Å². The van der Waals surface area contributed by atoms with Gasteiger partial charge < -0.3 is 24.8 Å². The van der Waals surface area contributed by atoms with Crippen LogP contribution in [0.4, 0.5) is 23.1 Å². The zero-order valence-electron chi connectivity index (χ0n) is 13.8. The minimum absolute atomic E-state index is 0.163. The average molecular weight is 371 g/mol. The van der Waals surface area contributed by atoms with Gasteiger partial charge in [0.25, 0.3) is 0 Å². The van der Waals surface area contributed by atoms with Gasteiger partial charge in [-0.15, -0.1) is 0 Å². The summed E-state index contributed by atoms with van der Waals surface area (Å²) in [6, 6.07) is 12.8. The summed E-state index contributed by atoms with van der Waals surface area (Å²) >= 11 is 6.29. The molecule has 0 amide bonds. The van der Waals surface area contributed by atoms with Crippen LogP contribution in [0.1, 0.15) is 0 Å². The Balaban J connectivity index is 1.58. The van der Waals surface area contributed by atoms with Crippen molar-refractivity contribution < 1.29 is 14.2 Å². The fraction of sp³-hybridized carbons (Fsp3) is 0.111. The predicted molar refractivity (Wildman–Crippen MR) is 99.2 cm³/mol. The average Bonchev–Trinajstić information content (AvgIpc) is 3.14. The normalized spacial score (nSPS) is 11.9. The molecule has 0 unspecified atom stereocenters. The maximum Gasteiger partial charge on any atom is 0.231 e. The van der Waals surface area contributed by atoms with Gasteiger partial charge in [-0.05, 0) is 30.3 Å². The molecule has 0 saturated carbocycles. The van der Waals surface area contributed by atoms with E-state index in [0.29, 0.717) is 34.0 Å². The molecule has 0 atom stereocenters. The maximum atomic E-state index is 6.29. The molecule has 0 saturated heterocycles. The van der Waals surface area contributed by atoms with Crippen molar-refractivity contribution >= 4 is 34.7 Å². The number of anilines is 4. The van der Waals surface area contributed by atoms with E-state index in [1.807, 2.05) is 24.3 Å². The van der Waals surface area contributed by atoms with Gasteiger partial charge in [0.2, 0.25) is 12.7 Å². The van der Waals surface area contributed by atoms with Crippen LogP contribution in [0.5, 0.6) is 17.2 Å². The van der Waals surface area contributed by atoms with E-state index in [-0.39, 0.29) is 6.79 Å². The van der Waals surface area contributed by atoms with Crippen molar-refractivity contribution in [2.75, 3.05) is 24.5 Å². The summed E-state index contributed by atoms with van der Waals surface area (Å²) in [5.41, 5.74) is 1.42. The van der Waals surface area contributed by atoms with Crippen LogP contribution in [0.3, 0.4) is 0 Å². The number of methoxy groups -OCH3 is 1. The minimum atomic E-state index is 0.163. The summed E-state index contributed by atoms with van der Waals surface area (Å²) in [5.74, 6) is 2.95. The van der Waals surface area contributed by atoms with E-state index in [2.05, 4.69) is 20.6 Å².